The van der Waals surface area contributed by atoms with Gasteiger partial charge in [0.15, 0.2) is 0 Å². The zero-order valence-corrected chi connectivity index (χ0v) is 27.1. The lowest BCUT2D eigenvalue weighted by molar-refractivity contribution is 0.670. The molecule has 11 aromatic rings. The number of hydrogen-bond donors (Lipinski definition) is 0. The van der Waals surface area contributed by atoms with Crippen molar-refractivity contribution < 1.29 is 15.4 Å². The average Bonchev–Trinajstić information content (AvgIpc) is 3.65. The van der Waals surface area contributed by atoms with E-state index in [1.165, 1.54) is 0 Å². The maximum Gasteiger partial charge on any atom is 0.143 e. The second kappa shape index (κ2) is 10.9. The van der Waals surface area contributed by atoms with Gasteiger partial charge in [-0.15, -0.1) is 0 Å². The van der Waals surface area contributed by atoms with E-state index in [0.29, 0.717) is 33.2 Å². The van der Waals surface area contributed by atoms with Crippen molar-refractivity contribution in [1.82, 2.24) is 0 Å². The summed E-state index contributed by atoms with van der Waals surface area (Å²) < 4.78 is 81.5. The number of benzene rings is 10. The molecule has 1 aromatic heterocycles. The molecule has 0 saturated carbocycles. The largest absolute Gasteiger partial charge is 0.455 e. The zero-order valence-electron chi connectivity index (χ0n) is 35.1. The third-order valence-corrected chi connectivity index (χ3v) is 10.3. The van der Waals surface area contributed by atoms with Crippen LogP contribution in [0.4, 0.5) is 0 Å². The molecule has 0 unspecified atom stereocenters. The number of hydrogen-bond acceptors (Lipinski definition) is 1. The molecule has 0 saturated heterocycles. The fourth-order valence-electron chi connectivity index (χ4n) is 8.04. The molecule has 0 amide bonds. The summed E-state index contributed by atoms with van der Waals surface area (Å²) >= 11 is 0. The van der Waals surface area contributed by atoms with Gasteiger partial charge in [-0.3, -0.25) is 0 Å². The van der Waals surface area contributed by atoms with E-state index in [1.54, 1.807) is 0 Å². The summed E-state index contributed by atoms with van der Waals surface area (Å²) in [5.74, 6) is 0. The molecule has 236 valence electrons. The van der Waals surface area contributed by atoms with Gasteiger partial charge in [-0.1, -0.05) is 164 Å². The molecule has 1 nitrogen and oxygen atoms in total. The topological polar surface area (TPSA) is 13.1 Å². The van der Waals surface area contributed by atoms with Crippen LogP contribution in [-0.2, 0) is 0 Å². The Morgan fingerprint density at radius 2 is 0.902 bits per heavy atom. The van der Waals surface area contributed by atoms with Crippen LogP contribution in [0.1, 0.15) is 11.0 Å². The third-order valence-electron chi connectivity index (χ3n) is 10.3. The van der Waals surface area contributed by atoms with E-state index in [2.05, 4.69) is 36.4 Å². The van der Waals surface area contributed by atoms with Gasteiger partial charge in [-0.25, -0.2) is 0 Å². The van der Waals surface area contributed by atoms with Crippen LogP contribution >= 0.6 is 0 Å². The van der Waals surface area contributed by atoms with Crippen molar-refractivity contribution in [3.8, 4) is 33.4 Å². The van der Waals surface area contributed by atoms with Crippen LogP contribution in [0.25, 0.3) is 109 Å². The highest BCUT2D eigenvalue weighted by Crippen LogP contribution is 2.50. The van der Waals surface area contributed by atoms with E-state index in [9.17, 15) is 5.48 Å². The highest BCUT2D eigenvalue weighted by atomic mass is 16.3. The molecule has 0 aliphatic heterocycles. The van der Waals surface area contributed by atoms with Crippen LogP contribution in [0.15, 0.2) is 186 Å². The minimum absolute atomic E-state index is 0.140. The standard InChI is InChI=1S/C50H30O/c1-3-15-35-31(13-1)25-26-32-27-28-34(29-44(32)35)36-16-5-6-19-39(36)47-40-20-7-9-22-42(40)48(43-23-10-8-21-41(43)47)49-37-17-4-2-14-33(37)30-45-38-18-11-12-24-46(38)51-50(45)49/h1-30H/i7D,8D,9D,10D,20D,21D,22D,23D. The van der Waals surface area contributed by atoms with E-state index < -0.39 is 24.2 Å². The van der Waals surface area contributed by atoms with Crippen molar-refractivity contribution in [3.05, 3.63) is 182 Å². The Morgan fingerprint density at radius 1 is 0.353 bits per heavy atom. The van der Waals surface area contributed by atoms with E-state index in [4.69, 9.17) is 9.90 Å². The summed E-state index contributed by atoms with van der Waals surface area (Å²) in [5.41, 5.74) is 4.25. The molecule has 0 fully saturated rings. The number of para-hydroxylation sites is 1. The van der Waals surface area contributed by atoms with Crippen molar-refractivity contribution in [2.24, 2.45) is 0 Å². The van der Waals surface area contributed by atoms with Gasteiger partial charge in [-0.05, 0) is 94.3 Å². The normalized spacial score (nSPS) is 14.1. The highest BCUT2D eigenvalue weighted by molar-refractivity contribution is 6.29. The zero-order chi connectivity index (χ0) is 40.4. The Kier molecular flexibility index (Phi) is 4.57. The first-order valence-corrected chi connectivity index (χ1v) is 16.9. The van der Waals surface area contributed by atoms with Crippen LogP contribution in [-0.4, -0.2) is 0 Å². The quantitative estimate of drug-likeness (QED) is 0.136. The van der Waals surface area contributed by atoms with Gasteiger partial charge in [0.1, 0.15) is 11.2 Å². The first-order chi connectivity index (χ1) is 28.6. The summed E-state index contributed by atoms with van der Waals surface area (Å²) in [6.45, 7) is 0. The first-order valence-electron chi connectivity index (χ1n) is 20.9. The molecule has 0 atom stereocenters. The van der Waals surface area contributed by atoms with Gasteiger partial charge >= 0.3 is 0 Å². The summed E-state index contributed by atoms with van der Waals surface area (Å²) in [6, 6.07) is 40.4. The molecule has 0 N–H and O–H groups in total. The van der Waals surface area contributed by atoms with E-state index in [0.717, 1.165) is 48.8 Å². The molecule has 11 rings (SSSR count). The Bertz CT molecular complexity index is 3580. The SMILES string of the molecule is [2H]c1c([2H])c([2H])c2c(-c3c4ccccc4cc4c3oc3ccccc34)c3c([2H])c([2H])c([2H])c([2H])c3c(-c3ccccc3-c3ccc4ccc5ccccc5c4c3)c2c1[2H]. The van der Waals surface area contributed by atoms with Crippen LogP contribution in [0, 0.1) is 0 Å². The molecule has 0 aliphatic rings. The highest BCUT2D eigenvalue weighted by Gasteiger charge is 2.23. The van der Waals surface area contributed by atoms with Crippen molar-refractivity contribution in [2.75, 3.05) is 0 Å². The maximum absolute atomic E-state index is 9.67. The van der Waals surface area contributed by atoms with Crippen LogP contribution in [0.3, 0.4) is 0 Å². The lowest BCUT2D eigenvalue weighted by Crippen LogP contribution is -1.93. The Morgan fingerprint density at radius 3 is 1.65 bits per heavy atom. The van der Waals surface area contributed by atoms with Crippen molar-refractivity contribution >= 4 is 75.8 Å². The fraction of sp³-hybridized carbons (Fsp3) is 0. The summed E-state index contributed by atoms with van der Waals surface area (Å²) in [4.78, 5) is 0. The minimum Gasteiger partial charge on any atom is -0.455 e. The predicted octanol–water partition coefficient (Wildman–Crippen LogP) is 14.4. The average molecular weight is 655 g/mol. The molecule has 0 bridgehead atoms. The molecule has 51 heavy (non-hydrogen) atoms. The van der Waals surface area contributed by atoms with Gasteiger partial charge < -0.3 is 4.42 Å². The second-order valence-electron chi connectivity index (χ2n) is 13.0. The van der Waals surface area contributed by atoms with Gasteiger partial charge in [0.2, 0.25) is 0 Å². The summed E-state index contributed by atoms with van der Waals surface area (Å²) in [6.07, 6.45) is 0. The number of rotatable bonds is 3. The maximum atomic E-state index is 9.67. The van der Waals surface area contributed by atoms with Crippen molar-refractivity contribution in [1.29, 1.82) is 0 Å². The molecule has 0 radical (unpaired) electrons. The molecule has 0 spiro atoms. The van der Waals surface area contributed by atoms with Gasteiger partial charge in [0, 0.05) is 21.9 Å². The van der Waals surface area contributed by atoms with Gasteiger partial charge in [-0.2, -0.15) is 0 Å². The molecular weight excluding hydrogens is 617 g/mol. The first kappa shape index (κ1) is 21.4. The smallest absolute Gasteiger partial charge is 0.143 e. The molecular formula is C50H30O. The van der Waals surface area contributed by atoms with Crippen LogP contribution in [0.2, 0.25) is 0 Å². The van der Waals surface area contributed by atoms with Crippen LogP contribution in [0.5, 0.6) is 0 Å². The van der Waals surface area contributed by atoms with Crippen molar-refractivity contribution in [3.63, 3.8) is 0 Å². The minimum atomic E-state index is -0.453. The van der Waals surface area contributed by atoms with Crippen molar-refractivity contribution in [2.45, 2.75) is 0 Å². The molecule has 1 heteroatoms. The number of furan rings is 1. The van der Waals surface area contributed by atoms with Gasteiger partial charge in [0.05, 0.1) is 11.0 Å². The third kappa shape index (κ3) is 4.16. The lowest BCUT2D eigenvalue weighted by Gasteiger charge is -2.20. The summed E-state index contributed by atoms with van der Waals surface area (Å²) in [5, 5.41) is 8.02. The lowest BCUT2D eigenvalue weighted by atomic mass is 9.82. The summed E-state index contributed by atoms with van der Waals surface area (Å²) in [7, 11) is 0. The van der Waals surface area contributed by atoms with Crippen LogP contribution < -0.4 is 0 Å². The monoisotopic (exact) mass is 654 g/mol. The molecule has 1 heterocycles. The van der Waals surface area contributed by atoms with E-state index in [-0.39, 0.29) is 51.3 Å². The second-order valence-corrected chi connectivity index (χ2v) is 13.0. The Balaban J connectivity index is 1.39. The predicted molar refractivity (Wildman–Crippen MR) is 218 cm³/mol. The van der Waals surface area contributed by atoms with Gasteiger partial charge in [0.25, 0.3) is 0 Å². The Labute approximate surface area is 305 Å². The fourth-order valence-corrected chi connectivity index (χ4v) is 8.04. The van der Waals surface area contributed by atoms with E-state index in [1.807, 2.05) is 97.1 Å². The molecule has 0 aliphatic carbocycles. The Hall–Kier alpha value is -6.70. The number of fused-ring (bicyclic) bond motifs is 9. The van der Waals surface area contributed by atoms with E-state index >= 15 is 0 Å². The molecule has 10 aromatic carbocycles.